The first-order valence-corrected chi connectivity index (χ1v) is 5.65. The van der Waals surface area contributed by atoms with E-state index in [0.717, 1.165) is 5.56 Å². The van der Waals surface area contributed by atoms with Crippen LogP contribution in [0, 0.1) is 12.3 Å². The van der Waals surface area contributed by atoms with Crippen molar-refractivity contribution < 1.29 is 14.2 Å². The molecule has 4 nitrogen and oxygen atoms in total. The topological polar surface area (TPSA) is 39.7 Å². The van der Waals surface area contributed by atoms with Crippen LogP contribution in [0.2, 0.25) is 0 Å². The summed E-state index contributed by atoms with van der Waals surface area (Å²) in [6.45, 7) is 2.53. The summed E-state index contributed by atoms with van der Waals surface area (Å²) in [7, 11) is 4.78. The molecule has 0 saturated carbocycles. The van der Waals surface area contributed by atoms with Gasteiger partial charge >= 0.3 is 0 Å². The third-order valence-corrected chi connectivity index (χ3v) is 2.63. The number of ether oxygens (including phenoxy) is 3. The normalized spacial score (nSPS) is 11.5. The Bertz CT molecular complexity index is 437. The average Bonchev–Trinajstić information content (AvgIpc) is 2.43. The lowest BCUT2D eigenvalue weighted by atomic mass is 10.1. The first-order valence-electron chi connectivity index (χ1n) is 5.65. The molecule has 18 heavy (non-hydrogen) atoms. The largest absolute Gasteiger partial charge is 0.493 e. The molecule has 1 rings (SSSR count). The predicted octanol–water partition coefficient (Wildman–Crippen LogP) is 1.82. The SMILES string of the molecule is C#CC(C)NCc1ccc(OC)c(OC)c1OC. The van der Waals surface area contributed by atoms with Crippen LogP contribution in [0.3, 0.4) is 0 Å². The second-order valence-electron chi connectivity index (χ2n) is 3.76. The molecule has 0 radical (unpaired) electrons. The standard InChI is InChI=1S/C14H19NO3/c1-6-10(2)15-9-11-7-8-12(16-3)14(18-5)13(11)17-4/h1,7-8,10,15H,9H2,2-5H3. The lowest BCUT2D eigenvalue weighted by Crippen LogP contribution is -2.23. The number of benzene rings is 1. The van der Waals surface area contributed by atoms with Gasteiger partial charge in [0.1, 0.15) is 0 Å². The van der Waals surface area contributed by atoms with E-state index in [1.54, 1.807) is 21.3 Å². The molecular formula is C14H19NO3. The fraction of sp³-hybridized carbons (Fsp3) is 0.429. The van der Waals surface area contributed by atoms with Crippen LogP contribution in [0.25, 0.3) is 0 Å². The number of terminal acetylenes is 1. The molecule has 0 spiro atoms. The number of methoxy groups -OCH3 is 3. The van der Waals surface area contributed by atoms with Crippen molar-refractivity contribution in [1.82, 2.24) is 5.32 Å². The van der Waals surface area contributed by atoms with Crippen molar-refractivity contribution in [2.45, 2.75) is 19.5 Å². The Morgan fingerprint density at radius 3 is 2.33 bits per heavy atom. The van der Waals surface area contributed by atoms with E-state index in [9.17, 15) is 0 Å². The Morgan fingerprint density at radius 1 is 1.17 bits per heavy atom. The van der Waals surface area contributed by atoms with Gasteiger partial charge in [0, 0.05) is 12.1 Å². The smallest absolute Gasteiger partial charge is 0.203 e. The summed E-state index contributed by atoms with van der Waals surface area (Å²) in [5.74, 6) is 4.51. The van der Waals surface area contributed by atoms with Gasteiger partial charge in [0.25, 0.3) is 0 Å². The highest BCUT2D eigenvalue weighted by molar-refractivity contribution is 5.55. The van der Waals surface area contributed by atoms with Gasteiger partial charge in [0.2, 0.25) is 5.75 Å². The molecule has 0 bridgehead atoms. The van der Waals surface area contributed by atoms with Crippen LogP contribution >= 0.6 is 0 Å². The summed E-state index contributed by atoms with van der Waals surface area (Å²) < 4.78 is 15.9. The van der Waals surface area contributed by atoms with Crippen LogP contribution in [-0.2, 0) is 6.54 Å². The zero-order valence-corrected chi connectivity index (χ0v) is 11.2. The number of hydrogen-bond acceptors (Lipinski definition) is 4. The molecule has 0 saturated heterocycles. The van der Waals surface area contributed by atoms with Crippen molar-refractivity contribution in [1.29, 1.82) is 0 Å². The van der Waals surface area contributed by atoms with Crippen molar-refractivity contribution >= 4 is 0 Å². The van der Waals surface area contributed by atoms with Gasteiger partial charge < -0.3 is 14.2 Å². The van der Waals surface area contributed by atoms with Crippen molar-refractivity contribution in [2.24, 2.45) is 0 Å². The number of nitrogens with one attached hydrogen (secondary N) is 1. The molecule has 4 heteroatoms. The van der Waals surface area contributed by atoms with Gasteiger partial charge in [-0.2, -0.15) is 0 Å². The average molecular weight is 249 g/mol. The molecule has 0 aromatic heterocycles. The highest BCUT2D eigenvalue weighted by Crippen LogP contribution is 2.39. The third kappa shape index (κ3) is 3.08. The Kier molecular flexibility index (Phi) is 5.34. The molecule has 0 aliphatic carbocycles. The van der Waals surface area contributed by atoms with E-state index in [-0.39, 0.29) is 6.04 Å². The monoisotopic (exact) mass is 249 g/mol. The van der Waals surface area contributed by atoms with E-state index >= 15 is 0 Å². The van der Waals surface area contributed by atoms with Crippen molar-refractivity contribution in [2.75, 3.05) is 21.3 Å². The summed E-state index contributed by atoms with van der Waals surface area (Å²) in [4.78, 5) is 0. The predicted molar refractivity (Wildman–Crippen MR) is 71.2 cm³/mol. The molecule has 0 amide bonds. The molecule has 98 valence electrons. The first-order chi connectivity index (χ1) is 8.67. The maximum absolute atomic E-state index is 5.38. The minimum Gasteiger partial charge on any atom is -0.493 e. The Balaban J connectivity index is 3.02. The van der Waals surface area contributed by atoms with Crippen LogP contribution in [0.1, 0.15) is 12.5 Å². The van der Waals surface area contributed by atoms with Crippen LogP contribution in [0.5, 0.6) is 17.2 Å². The highest BCUT2D eigenvalue weighted by atomic mass is 16.5. The Labute approximate surface area is 108 Å². The van der Waals surface area contributed by atoms with Gasteiger partial charge in [0.15, 0.2) is 11.5 Å². The summed E-state index contributed by atoms with van der Waals surface area (Å²) in [6, 6.07) is 3.78. The maximum atomic E-state index is 5.38. The molecular weight excluding hydrogens is 230 g/mol. The van der Waals surface area contributed by atoms with Crippen LogP contribution in [0.4, 0.5) is 0 Å². The van der Waals surface area contributed by atoms with Gasteiger partial charge in [-0.05, 0) is 13.0 Å². The highest BCUT2D eigenvalue weighted by Gasteiger charge is 2.15. The van der Waals surface area contributed by atoms with Crippen LogP contribution in [-0.4, -0.2) is 27.4 Å². The second kappa shape index (κ2) is 6.77. The van der Waals surface area contributed by atoms with E-state index in [1.165, 1.54) is 0 Å². The molecule has 1 aromatic rings. The Hall–Kier alpha value is -1.86. The van der Waals surface area contributed by atoms with Gasteiger partial charge in [-0.1, -0.05) is 12.0 Å². The zero-order valence-electron chi connectivity index (χ0n) is 11.2. The van der Waals surface area contributed by atoms with Crippen molar-refractivity contribution in [3.05, 3.63) is 17.7 Å². The molecule has 0 fully saturated rings. The molecule has 1 atom stereocenters. The van der Waals surface area contributed by atoms with Crippen LogP contribution < -0.4 is 19.5 Å². The maximum Gasteiger partial charge on any atom is 0.203 e. The van der Waals surface area contributed by atoms with Crippen molar-refractivity contribution in [3.8, 4) is 29.6 Å². The van der Waals surface area contributed by atoms with E-state index in [1.807, 2.05) is 19.1 Å². The lowest BCUT2D eigenvalue weighted by Gasteiger charge is -2.16. The molecule has 1 aromatic carbocycles. The van der Waals surface area contributed by atoms with E-state index < -0.39 is 0 Å². The fourth-order valence-electron chi connectivity index (χ4n) is 1.62. The molecule has 0 aliphatic heterocycles. The number of hydrogen-bond donors (Lipinski definition) is 1. The molecule has 0 heterocycles. The minimum atomic E-state index is 0.00260. The van der Waals surface area contributed by atoms with Gasteiger partial charge in [-0.25, -0.2) is 0 Å². The first kappa shape index (κ1) is 14.2. The molecule has 0 aliphatic rings. The van der Waals surface area contributed by atoms with Gasteiger partial charge in [-0.3, -0.25) is 5.32 Å². The van der Waals surface area contributed by atoms with E-state index in [0.29, 0.717) is 23.8 Å². The van der Waals surface area contributed by atoms with Gasteiger partial charge in [0.05, 0.1) is 27.4 Å². The summed E-state index contributed by atoms with van der Waals surface area (Å²) in [5, 5.41) is 3.20. The van der Waals surface area contributed by atoms with E-state index in [2.05, 4.69) is 11.2 Å². The summed E-state index contributed by atoms with van der Waals surface area (Å²) in [6.07, 6.45) is 5.32. The molecule has 1 unspecified atom stereocenters. The zero-order chi connectivity index (χ0) is 13.5. The Morgan fingerprint density at radius 2 is 1.83 bits per heavy atom. The lowest BCUT2D eigenvalue weighted by molar-refractivity contribution is 0.321. The minimum absolute atomic E-state index is 0.00260. The quantitative estimate of drug-likeness (QED) is 0.781. The van der Waals surface area contributed by atoms with Crippen LogP contribution in [0.15, 0.2) is 12.1 Å². The van der Waals surface area contributed by atoms with Crippen molar-refractivity contribution in [3.63, 3.8) is 0 Å². The second-order valence-corrected chi connectivity index (χ2v) is 3.76. The summed E-state index contributed by atoms with van der Waals surface area (Å²) in [5.41, 5.74) is 0.970. The third-order valence-electron chi connectivity index (χ3n) is 2.63. The number of rotatable bonds is 6. The van der Waals surface area contributed by atoms with E-state index in [4.69, 9.17) is 20.6 Å². The van der Waals surface area contributed by atoms with Gasteiger partial charge in [-0.15, -0.1) is 6.42 Å². The fourth-order valence-corrected chi connectivity index (χ4v) is 1.62. The molecule has 1 N–H and O–H groups in total. The summed E-state index contributed by atoms with van der Waals surface area (Å²) >= 11 is 0.